The maximum Gasteiger partial charge on any atom is 0.236 e. The van der Waals surface area contributed by atoms with Gasteiger partial charge in [-0.2, -0.15) is 0 Å². The summed E-state index contributed by atoms with van der Waals surface area (Å²) >= 11 is 0. The van der Waals surface area contributed by atoms with Crippen LogP contribution in [0.1, 0.15) is 19.4 Å². The molecule has 0 spiro atoms. The number of hydrogen-bond donors (Lipinski definition) is 2. The average molecular weight is 286 g/mol. The number of benzene rings is 1. The van der Waals surface area contributed by atoms with Gasteiger partial charge in [0.1, 0.15) is 0 Å². The Hall–Kier alpha value is -1.11. The van der Waals surface area contributed by atoms with Crippen LogP contribution in [0.15, 0.2) is 24.3 Å². The van der Waals surface area contributed by atoms with Gasteiger partial charge in [-0.15, -0.1) is 0 Å². The predicted octanol–water partition coefficient (Wildman–Crippen LogP) is 1.57. The molecule has 0 bridgehead atoms. The van der Waals surface area contributed by atoms with Crippen LogP contribution in [-0.2, 0) is 21.4 Å². The third kappa shape index (κ3) is 4.81. The maximum absolute atomic E-state index is 12.2. The number of methoxy groups -OCH3 is 1. The third-order valence-electron chi connectivity index (χ3n) is 2.78. The lowest BCUT2D eigenvalue weighted by molar-refractivity contribution is 0.185. The summed E-state index contributed by atoms with van der Waals surface area (Å²) in [5.41, 5.74) is 1.40. The van der Waals surface area contributed by atoms with E-state index in [9.17, 15) is 8.42 Å². The van der Waals surface area contributed by atoms with Crippen LogP contribution in [0.5, 0.6) is 0 Å². The van der Waals surface area contributed by atoms with E-state index in [0.717, 1.165) is 12.1 Å². The summed E-state index contributed by atoms with van der Waals surface area (Å²) in [5, 5.41) is 2.54. The molecular formula is C13H22N2O3S. The molecule has 0 amide bonds. The summed E-state index contributed by atoms with van der Waals surface area (Å²) in [7, 11) is -1.81. The predicted molar refractivity (Wildman–Crippen MR) is 77.7 cm³/mol. The van der Waals surface area contributed by atoms with E-state index in [1.165, 1.54) is 0 Å². The van der Waals surface area contributed by atoms with E-state index in [4.69, 9.17) is 4.74 Å². The second-order valence-corrected chi connectivity index (χ2v) is 6.45. The molecule has 0 aliphatic rings. The Bertz CT molecular complexity index is 488. The third-order valence-corrected chi connectivity index (χ3v) is 4.51. The number of sulfonamides is 1. The lowest BCUT2D eigenvalue weighted by Crippen LogP contribution is -2.34. The van der Waals surface area contributed by atoms with Gasteiger partial charge in [-0.25, -0.2) is 8.42 Å². The van der Waals surface area contributed by atoms with Crippen molar-refractivity contribution in [2.75, 3.05) is 24.9 Å². The van der Waals surface area contributed by atoms with E-state index in [2.05, 4.69) is 10.0 Å². The highest BCUT2D eigenvalue weighted by atomic mass is 32.2. The summed E-state index contributed by atoms with van der Waals surface area (Å²) in [4.78, 5) is 0. The molecule has 108 valence electrons. The molecule has 1 aromatic rings. The second-order valence-electron chi connectivity index (χ2n) is 4.36. The molecule has 0 fully saturated rings. The zero-order chi connectivity index (χ0) is 14.3. The molecule has 1 aromatic carbocycles. The smallest absolute Gasteiger partial charge is 0.236 e. The molecule has 5 nitrogen and oxygen atoms in total. The van der Waals surface area contributed by atoms with Crippen LogP contribution in [0.2, 0.25) is 0 Å². The molecule has 6 heteroatoms. The molecule has 1 unspecified atom stereocenters. The molecule has 0 aliphatic carbocycles. The first-order valence-corrected chi connectivity index (χ1v) is 7.85. The molecule has 0 radical (unpaired) electrons. The molecule has 19 heavy (non-hydrogen) atoms. The normalized spacial score (nSPS) is 13.2. The van der Waals surface area contributed by atoms with Gasteiger partial charge in [-0.1, -0.05) is 25.1 Å². The van der Waals surface area contributed by atoms with Crippen molar-refractivity contribution < 1.29 is 13.2 Å². The monoisotopic (exact) mass is 286 g/mol. The fraction of sp³-hybridized carbons (Fsp3) is 0.538. The minimum absolute atomic E-state index is 0.375. The van der Waals surface area contributed by atoms with E-state index in [-0.39, 0.29) is 0 Å². The van der Waals surface area contributed by atoms with Crippen LogP contribution in [0.25, 0.3) is 0 Å². The number of nitrogens with one attached hydrogen (secondary N) is 2. The van der Waals surface area contributed by atoms with Gasteiger partial charge in [0, 0.05) is 19.2 Å². The molecule has 2 N–H and O–H groups in total. The zero-order valence-corrected chi connectivity index (χ0v) is 12.5. The largest absolute Gasteiger partial charge is 0.380 e. The molecule has 0 heterocycles. The first-order valence-electron chi connectivity index (χ1n) is 6.30. The molecular weight excluding hydrogens is 264 g/mol. The van der Waals surface area contributed by atoms with Crippen LogP contribution < -0.4 is 10.0 Å². The number of anilines is 1. The van der Waals surface area contributed by atoms with Crippen molar-refractivity contribution in [1.29, 1.82) is 0 Å². The van der Waals surface area contributed by atoms with Crippen LogP contribution in [0.3, 0.4) is 0 Å². The van der Waals surface area contributed by atoms with Crippen LogP contribution in [0, 0.1) is 0 Å². The Morgan fingerprint density at radius 2 is 2.00 bits per heavy atom. The van der Waals surface area contributed by atoms with E-state index in [1.54, 1.807) is 26.2 Å². The Labute approximate surface area is 115 Å². The van der Waals surface area contributed by atoms with Gasteiger partial charge in [-0.05, 0) is 19.5 Å². The van der Waals surface area contributed by atoms with Crippen LogP contribution in [-0.4, -0.2) is 33.9 Å². The number of rotatable bonds is 8. The SMILES string of the molecule is CCNCC(C)S(=O)(=O)Nc1ccccc1COC. The van der Waals surface area contributed by atoms with Gasteiger partial charge < -0.3 is 10.1 Å². The van der Waals surface area contributed by atoms with Crippen molar-refractivity contribution in [2.45, 2.75) is 25.7 Å². The molecule has 0 saturated carbocycles. The Morgan fingerprint density at radius 1 is 1.32 bits per heavy atom. The minimum Gasteiger partial charge on any atom is -0.380 e. The van der Waals surface area contributed by atoms with Crippen molar-refractivity contribution in [1.82, 2.24) is 5.32 Å². The van der Waals surface area contributed by atoms with Gasteiger partial charge >= 0.3 is 0 Å². The molecule has 1 atom stereocenters. The Kier molecular flexibility index (Phi) is 6.27. The van der Waals surface area contributed by atoms with E-state index >= 15 is 0 Å². The van der Waals surface area contributed by atoms with E-state index < -0.39 is 15.3 Å². The summed E-state index contributed by atoms with van der Waals surface area (Å²) < 4.78 is 32.0. The molecule has 0 aromatic heterocycles. The first-order chi connectivity index (χ1) is 9.01. The summed E-state index contributed by atoms with van der Waals surface area (Å²) in [6, 6.07) is 7.24. The van der Waals surface area contributed by atoms with Crippen molar-refractivity contribution >= 4 is 15.7 Å². The topological polar surface area (TPSA) is 67.4 Å². The first kappa shape index (κ1) is 15.9. The zero-order valence-electron chi connectivity index (χ0n) is 11.6. The Morgan fingerprint density at radius 3 is 2.63 bits per heavy atom. The van der Waals surface area contributed by atoms with Gasteiger partial charge in [0.05, 0.1) is 17.5 Å². The highest BCUT2D eigenvalue weighted by Gasteiger charge is 2.21. The summed E-state index contributed by atoms with van der Waals surface area (Å²) in [6.45, 7) is 5.18. The van der Waals surface area contributed by atoms with Crippen molar-refractivity contribution in [3.63, 3.8) is 0 Å². The quantitative estimate of drug-likeness (QED) is 0.761. The number of hydrogen-bond acceptors (Lipinski definition) is 4. The van der Waals surface area contributed by atoms with E-state index in [0.29, 0.717) is 18.8 Å². The highest BCUT2D eigenvalue weighted by Crippen LogP contribution is 2.18. The molecule has 1 rings (SSSR count). The lowest BCUT2D eigenvalue weighted by Gasteiger charge is -2.17. The van der Waals surface area contributed by atoms with Gasteiger partial charge in [-0.3, -0.25) is 4.72 Å². The Balaban J connectivity index is 2.83. The van der Waals surface area contributed by atoms with Gasteiger partial charge in [0.2, 0.25) is 10.0 Å². The number of ether oxygens (including phenoxy) is 1. The van der Waals surface area contributed by atoms with Crippen molar-refractivity contribution in [3.8, 4) is 0 Å². The van der Waals surface area contributed by atoms with Crippen molar-refractivity contribution in [2.24, 2.45) is 0 Å². The number of para-hydroxylation sites is 1. The van der Waals surface area contributed by atoms with Crippen LogP contribution in [0.4, 0.5) is 5.69 Å². The summed E-state index contributed by atoms with van der Waals surface area (Å²) in [6.07, 6.45) is 0. The standard InChI is InChI=1S/C13H22N2O3S/c1-4-14-9-11(2)19(16,17)15-13-8-6-5-7-12(13)10-18-3/h5-8,11,14-15H,4,9-10H2,1-3H3. The van der Waals surface area contributed by atoms with Crippen LogP contribution >= 0.6 is 0 Å². The maximum atomic E-state index is 12.2. The van der Waals surface area contributed by atoms with Gasteiger partial charge in [0.25, 0.3) is 0 Å². The fourth-order valence-corrected chi connectivity index (χ4v) is 2.66. The molecule has 0 saturated heterocycles. The van der Waals surface area contributed by atoms with Gasteiger partial charge in [0.15, 0.2) is 0 Å². The minimum atomic E-state index is -3.39. The van der Waals surface area contributed by atoms with Crippen molar-refractivity contribution in [3.05, 3.63) is 29.8 Å². The highest BCUT2D eigenvalue weighted by molar-refractivity contribution is 7.93. The fourth-order valence-electron chi connectivity index (χ4n) is 1.61. The second kappa shape index (κ2) is 7.47. The van der Waals surface area contributed by atoms with E-state index in [1.807, 2.05) is 19.1 Å². The lowest BCUT2D eigenvalue weighted by atomic mass is 10.2. The molecule has 0 aliphatic heterocycles. The summed E-state index contributed by atoms with van der Waals surface area (Å²) in [5.74, 6) is 0. The average Bonchev–Trinajstić information content (AvgIpc) is 2.38.